The van der Waals surface area contributed by atoms with Crippen LogP contribution in [-0.2, 0) is 16.0 Å². The maximum atomic E-state index is 12.2. The molecule has 1 heterocycles. The Bertz CT molecular complexity index is 1020. The number of nitrogens with zero attached hydrogens (tertiary/aromatic N) is 2. The van der Waals surface area contributed by atoms with Crippen LogP contribution in [0.2, 0.25) is 10.0 Å². The van der Waals surface area contributed by atoms with Crippen LogP contribution >= 0.6 is 23.2 Å². The number of benzene rings is 2. The molecule has 0 bridgehead atoms. The van der Waals surface area contributed by atoms with Crippen molar-refractivity contribution in [1.29, 1.82) is 0 Å². The second-order valence-electron chi connectivity index (χ2n) is 6.30. The van der Waals surface area contributed by atoms with Crippen LogP contribution in [0.1, 0.15) is 25.7 Å². The minimum atomic E-state index is -0.206. The summed E-state index contributed by atoms with van der Waals surface area (Å²) in [7, 11) is 0. The number of halogens is 2. The van der Waals surface area contributed by atoms with Gasteiger partial charge in [-0.25, -0.2) is 0 Å². The van der Waals surface area contributed by atoms with Crippen LogP contribution in [0, 0.1) is 0 Å². The van der Waals surface area contributed by atoms with Crippen molar-refractivity contribution >= 4 is 46.4 Å². The first-order valence-corrected chi connectivity index (χ1v) is 9.62. The van der Waals surface area contributed by atoms with Crippen LogP contribution in [0.4, 0.5) is 11.4 Å². The number of aryl methyl sites for hydroxylation is 1. The van der Waals surface area contributed by atoms with Crippen molar-refractivity contribution in [2.75, 3.05) is 10.6 Å². The van der Waals surface area contributed by atoms with E-state index in [2.05, 4.69) is 20.8 Å². The van der Waals surface area contributed by atoms with Gasteiger partial charge >= 0.3 is 0 Å². The van der Waals surface area contributed by atoms with Gasteiger partial charge in [-0.1, -0.05) is 28.4 Å². The Kier molecular flexibility index (Phi) is 6.85. The van der Waals surface area contributed by atoms with E-state index in [-0.39, 0.29) is 18.2 Å². The molecule has 0 saturated heterocycles. The van der Waals surface area contributed by atoms with Crippen LogP contribution in [0.15, 0.2) is 47.0 Å². The molecule has 0 atom stereocenters. The summed E-state index contributed by atoms with van der Waals surface area (Å²) < 4.78 is 5.23. The predicted molar refractivity (Wildman–Crippen MR) is 112 cm³/mol. The highest BCUT2D eigenvalue weighted by Gasteiger charge is 2.11. The first kappa shape index (κ1) is 20.8. The van der Waals surface area contributed by atoms with Gasteiger partial charge in [0.1, 0.15) is 0 Å². The standard InChI is InChI=1S/C20H18Cl2N4O3/c1-12(27)23-15-9-10-16(22)17(11-15)24-18(28)3-2-4-19-25-20(26-29-19)13-5-7-14(21)8-6-13/h5-11H,2-4H2,1H3,(H,23,27)(H,24,28). The largest absolute Gasteiger partial charge is 0.339 e. The van der Waals surface area contributed by atoms with Crippen molar-refractivity contribution in [3.8, 4) is 11.4 Å². The van der Waals surface area contributed by atoms with Gasteiger partial charge in [-0.15, -0.1) is 0 Å². The van der Waals surface area contributed by atoms with Crippen molar-refractivity contribution in [3.63, 3.8) is 0 Å². The van der Waals surface area contributed by atoms with Gasteiger partial charge in [-0.05, 0) is 48.9 Å². The van der Waals surface area contributed by atoms with Gasteiger partial charge in [-0.3, -0.25) is 9.59 Å². The molecule has 1 aromatic heterocycles. The number of hydrogen-bond acceptors (Lipinski definition) is 5. The molecule has 0 fully saturated rings. The van der Waals surface area contributed by atoms with E-state index < -0.39 is 0 Å². The van der Waals surface area contributed by atoms with Crippen molar-refractivity contribution in [1.82, 2.24) is 10.1 Å². The van der Waals surface area contributed by atoms with E-state index in [0.29, 0.717) is 46.0 Å². The molecule has 0 unspecified atom stereocenters. The minimum Gasteiger partial charge on any atom is -0.339 e. The quantitative estimate of drug-likeness (QED) is 0.549. The number of anilines is 2. The van der Waals surface area contributed by atoms with Gasteiger partial charge in [0.15, 0.2) is 0 Å². The molecule has 0 aliphatic heterocycles. The molecule has 2 N–H and O–H groups in total. The number of aromatic nitrogens is 2. The molecule has 0 saturated carbocycles. The molecule has 2 amide bonds. The van der Waals surface area contributed by atoms with Crippen LogP contribution in [0.3, 0.4) is 0 Å². The van der Waals surface area contributed by atoms with Gasteiger partial charge in [0, 0.05) is 36.0 Å². The monoisotopic (exact) mass is 432 g/mol. The van der Waals surface area contributed by atoms with E-state index in [1.54, 1.807) is 30.3 Å². The lowest BCUT2D eigenvalue weighted by Crippen LogP contribution is -2.13. The van der Waals surface area contributed by atoms with Crippen LogP contribution in [0.5, 0.6) is 0 Å². The zero-order valence-corrected chi connectivity index (χ0v) is 17.0. The minimum absolute atomic E-state index is 0.204. The van der Waals surface area contributed by atoms with Crippen molar-refractivity contribution in [3.05, 3.63) is 58.4 Å². The Morgan fingerprint density at radius 1 is 1.07 bits per heavy atom. The number of carbonyl (C=O) groups is 2. The molecular weight excluding hydrogens is 415 g/mol. The molecule has 0 spiro atoms. The summed E-state index contributed by atoms with van der Waals surface area (Å²) >= 11 is 12.0. The summed E-state index contributed by atoms with van der Waals surface area (Å²) in [4.78, 5) is 27.7. The Balaban J connectivity index is 1.52. The molecule has 2 aromatic carbocycles. The second kappa shape index (κ2) is 9.54. The first-order valence-electron chi connectivity index (χ1n) is 8.86. The zero-order valence-electron chi connectivity index (χ0n) is 15.5. The third-order valence-corrected chi connectivity index (χ3v) is 4.51. The van der Waals surface area contributed by atoms with Gasteiger partial charge in [0.2, 0.25) is 23.5 Å². The molecule has 29 heavy (non-hydrogen) atoms. The highest BCUT2D eigenvalue weighted by molar-refractivity contribution is 6.33. The van der Waals surface area contributed by atoms with Gasteiger partial charge in [0.05, 0.1) is 10.7 Å². The third-order valence-electron chi connectivity index (χ3n) is 3.93. The Hall–Kier alpha value is -2.90. The number of rotatable bonds is 7. The summed E-state index contributed by atoms with van der Waals surface area (Å²) in [5.41, 5.74) is 1.79. The van der Waals surface area contributed by atoms with Crippen LogP contribution < -0.4 is 10.6 Å². The van der Waals surface area contributed by atoms with Crippen molar-refractivity contribution in [2.24, 2.45) is 0 Å². The molecule has 0 aliphatic carbocycles. The van der Waals surface area contributed by atoms with E-state index >= 15 is 0 Å². The summed E-state index contributed by atoms with van der Waals surface area (Å²) in [6.07, 6.45) is 1.24. The number of hydrogen-bond donors (Lipinski definition) is 2. The smallest absolute Gasteiger partial charge is 0.226 e. The maximum absolute atomic E-state index is 12.2. The third kappa shape index (κ3) is 6.04. The summed E-state index contributed by atoms with van der Waals surface area (Å²) in [5.74, 6) is 0.516. The molecular formula is C20H18Cl2N4O3. The van der Waals surface area contributed by atoms with Gasteiger partial charge in [-0.2, -0.15) is 4.98 Å². The van der Waals surface area contributed by atoms with Crippen LogP contribution in [0.25, 0.3) is 11.4 Å². The van der Waals surface area contributed by atoms with Gasteiger partial charge in [0.25, 0.3) is 0 Å². The highest BCUT2D eigenvalue weighted by atomic mass is 35.5. The van der Waals surface area contributed by atoms with E-state index in [0.717, 1.165) is 5.56 Å². The number of carbonyl (C=O) groups excluding carboxylic acids is 2. The van der Waals surface area contributed by atoms with E-state index in [4.69, 9.17) is 27.7 Å². The fraction of sp³-hybridized carbons (Fsp3) is 0.200. The van der Waals surface area contributed by atoms with E-state index in [1.165, 1.54) is 6.92 Å². The normalized spacial score (nSPS) is 10.6. The maximum Gasteiger partial charge on any atom is 0.226 e. The molecule has 7 nitrogen and oxygen atoms in total. The molecule has 3 aromatic rings. The average Bonchev–Trinajstić information content (AvgIpc) is 3.13. The fourth-order valence-corrected chi connectivity index (χ4v) is 2.88. The fourth-order valence-electron chi connectivity index (χ4n) is 2.59. The van der Waals surface area contributed by atoms with Gasteiger partial charge < -0.3 is 15.2 Å². The molecule has 0 radical (unpaired) electrons. The summed E-state index contributed by atoms with van der Waals surface area (Å²) in [5, 5.41) is 10.4. The average molecular weight is 433 g/mol. The van der Waals surface area contributed by atoms with E-state index in [9.17, 15) is 9.59 Å². The Morgan fingerprint density at radius 2 is 1.83 bits per heavy atom. The second-order valence-corrected chi connectivity index (χ2v) is 7.14. The summed E-state index contributed by atoms with van der Waals surface area (Å²) in [6, 6.07) is 12.0. The Morgan fingerprint density at radius 3 is 2.55 bits per heavy atom. The Labute approximate surface area is 177 Å². The molecule has 150 valence electrons. The zero-order chi connectivity index (χ0) is 20.8. The summed E-state index contributed by atoms with van der Waals surface area (Å²) in [6.45, 7) is 1.41. The SMILES string of the molecule is CC(=O)Nc1ccc(Cl)c(NC(=O)CCCc2nc(-c3ccc(Cl)cc3)no2)c1. The topological polar surface area (TPSA) is 97.1 Å². The molecule has 9 heteroatoms. The van der Waals surface area contributed by atoms with Crippen molar-refractivity contribution in [2.45, 2.75) is 26.2 Å². The lowest BCUT2D eigenvalue weighted by atomic mass is 10.2. The van der Waals surface area contributed by atoms with E-state index in [1.807, 2.05) is 12.1 Å². The lowest BCUT2D eigenvalue weighted by Gasteiger charge is -2.09. The number of amides is 2. The highest BCUT2D eigenvalue weighted by Crippen LogP contribution is 2.26. The first-order chi connectivity index (χ1) is 13.9. The van der Waals surface area contributed by atoms with Crippen molar-refractivity contribution < 1.29 is 14.1 Å². The predicted octanol–water partition coefficient (Wildman–Crippen LogP) is 4.96. The lowest BCUT2D eigenvalue weighted by molar-refractivity contribution is -0.116. The number of nitrogens with one attached hydrogen (secondary N) is 2. The van der Waals surface area contributed by atoms with Crippen LogP contribution in [-0.4, -0.2) is 22.0 Å². The molecule has 0 aliphatic rings. The molecule has 3 rings (SSSR count).